The lowest BCUT2D eigenvalue weighted by molar-refractivity contribution is 0.621. The molecule has 0 saturated carbocycles. The van der Waals surface area contributed by atoms with Crippen molar-refractivity contribution in [3.05, 3.63) is 34.3 Å². The number of hydrogen-bond acceptors (Lipinski definition) is 2. The molecule has 1 aromatic carbocycles. The molecule has 0 saturated heterocycles. The van der Waals surface area contributed by atoms with Gasteiger partial charge in [-0.05, 0) is 34.1 Å². The van der Waals surface area contributed by atoms with Gasteiger partial charge in [-0.15, -0.1) is 6.42 Å². The Hall–Kier alpha value is -1.80. The summed E-state index contributed by atoms with van der Waals surface area (Å²) in [4.78, 5) is 4.57. The Balaban J connectivity index is 2.60. The van der Waals surface area contributed by atoms with Crippen molar-refractivity contribution in [1.82, 2.24) is 9.55 Å². The zero-order valence-electron chi connectivity index (χ0n) is 11.3. The molecule has 20 heavy (non-hydrogen) atoms. The fourth-order valence-corrected chi connectivity index (χ4v) is 2.42. The number of nitrogens with two attached hydrogens (primary N) is 1. The first-order chi connectivity index (χ1) is 9.45. The molecule has 0 fully saturated rings. The first kappa shape index (κ1) is 14.6. The van der Waals surface area contributed by atoms with E-state index in [4.69, 9.17) is 12.2 Å². The van der Waals surface area contributed by atoms with Crippen LogP contribution in [-0.4, -0.2) is 9.55 Å². The van der Waals surface area contributed by atoms with Crippen molar-refractivity contribution in [2.45, 2.75) is 26.3 Å². The predicted octanol–water partition coefficient (Wildman–Crippen LogP) is 3.79. The van der Waals surface area contributed by atoms with Crippen molar-refractivity contribution in [3.63, 3.8) is 0 Å². The van der Waals surface area contributed by atoms with Gasteiger partial charge in [-0.1, -0.05) is 19.8 Å². The minimum Gasteiger partial charge on any atom is -0.383 e. The van der Waals surface area contributed by atoms with Gasteiger partial charge >= 0.3 is 0 Å². The van der Waals surface area contributed by atoms with E-state index in [1.165, 1.54) is 6.07 Å². The van der Waals surface area contributed by atoms with E-state index in [1.807, 2.05) is 18.4 Å². The first-order valence-electron chi connectivity index (χ1n) is 6.20. The van der Waals surface area contributed by atoms with Crippen LogP contribution < -0.4 is 5.73 Å². The van der Waals surface area contributed by atoms with Gasteiger partial charge in [0.1, 0.15) is 23.2 Å². The van der Waals surface area contributed by atoms with Gasteiger partial charge in [-0.3, -0.25) is 0 Å². The monoisotopic (exact) mass is 335 g/mol. The Labute approximate surface area is 126 Å². The molecule has 0 amide bonds. The fraction of sp³-hybridized carbons (Fsp3) is 0.267. The van der Waals surface area contributed by atoms with Gasteiger partial charge < -0.3 is 10.3 Å². The van der Waals surface area contributed by atoms with Gasteiger partial charge in [0, 0.05) is 11.5 Å². The molecule has 0 unspecified atom stereocenters. The zero-order valence-corrected chi connectivity index (χ0v) is 12.9. The van der Waals surface area contributed by atoms with Gasteiger partial charge in [0.15, 0.2) is 0 Å². The van der Waals surface area contributed by atoms with Crippen LogP contribution in [0.25, 0.3) is 11.3 Å². The van der Waals surface area contributed by atoms with Gasteiger partial charge in [-0.25, -0.2) is 9.37 Å². The van der Waals surface area contributed by atoms with Crippen LogP contribution in [0.15, 0.2) is 22.7 Å². The summed E-state index contributed by atoms with van der Waals surface area (Å²) in [6.07, 6.45) is 5.38. The van der Waals surface area contributed by atoms with Crippen LogP contribution in [0.2, 0.25) is 0 Å². The molecule has 3 nitrogen and oxygen atoms in total. The highest BCUT2D eigenvalue weighted by molar-refractivity contribution is 9.10. The van der Waals surface area contributed by atoms with Crippen LogP contribution in [-0.2, 0) is 6.54 Å². The van der Waals surface area contributed by atoms with Crippen LogP contribution in [0.1, 0.15) is 25.6 Å². The summed E-state index contributed by atoms with van der Waals surface area (Å²) in [5, 5.41) is 0. The summed E-state index contributed by atoms with van der Waals surface area (Å²) in [6.45, 7) is 4.42. The molecule has 2 aromatic rings. The number of nitrogens with zero attached hydrogens (tertiary/aromatic N) is 2. The smallest absolute Gasteiger partial charge is 0.137 e. The minimum atomic E-state index is -0.320. The van der Waals surface area contributed by atoms with E-state index in [1.54, 1.807) is 12.1 Å². The van der Waals surface area contributed by atoms with Gasteiger partial charge in [0.2, 0.25) is 0 Å². The zero-order chi connectivity index (χ0) is 14.9. The average molecular weight is 336 g/mol. The van der Waals surface area contributed by atoms with Gasteiger partial charge in [0.05, 0.1) is 11.0 Å². The van der Waals surface area contributed by atoms with Gasteiger partial charge in [-0.2, -0.15) is 0 Å². The minimum absolute atomic E-state index is 0.197. The summed E-state index contributed by atoms with van der Waals surface area (Å²) >= 11 is 3.17. The average Bonchev–Trinajstić information content (AvgIpc) is 2.72. The molecule has 0 radical (unpaired) electrons. The highest BCUT2D eigenvalue weighted by atomic mass is 79.9. The summed E-state index contributed by atoms with van der Waals surface area (Å²) < 4.78 is 15.5. The maximum atomic E-state index is 13.3. The SMILES string of the molecule is C#CCn1c(C(C)C)nc(-c2ccc(F)c(Br)c2)c1N. The molecule has 5 heteroatoms. The molecular formula is C15H15BrFN3. The molecule has 2 rings (SSSR count). The van der Waals surface area contributed by atoms with Crippen LogP contribution in [0.5, 0.6) is 0 Å². The third kappa shape index (κ3) is 2.56. The molecule has 2 N–H and O–H groups in total. The van der Waals surface area contributed by atoms with Crippen LogP contribution in [0, 0.1) is 18.2 Å². The fourth-order valence-electron chi connectivity index (χ4n) is 2.04. The molecule has 0 aliphatic rings. The van der Waals surface area contributed by atoms with Crippen molar-refractivity contribution in [2.24, 2.45) is 0 Å². The predicted molar refractivity (Wildman–Crippen MR) is 82.7 cm³/mol. The third-order valence-corrected chi connectivity index (χ3v) is 3.60. The largest absolute Gasteiger partial charge is 0.383 e. The van der Waals surface area contributed by atoms with E-state index in [9.17, 15) is 4.39 Å². The number of rotatable bonds is 3. The number of nitrogen functional groups attached to an aromatic ring is 1. The summed E-state index contributed by atoms with van der Waals surface area (Å²) in [5.74, 6) is 3.79. The Bertz CT molecular complexity index is 683. The van der Waals surface area contributed by atoms with E-state index in [-0.39, 0.29) is 11.7 Å². The Morgan fingerprint density at radius 1 is 1.50 bits per heavy atom. The molecule has 104 valence electrons. The lowest BCUT2D eigenvalue weighted by atomic mass is 10.1. The molecule has 0 bridgehead atoms. The maximum absolute atomic E-state index is 13.3. The molecular weight excluding hydrogens is 321 g/mol. The number of imidazole rings is 1. The highest BCUT2D eigenvalue weighted by Crippen LogP contribution is 2.31. The molecule has 0 spiro atoms. The van der Waals surface area contributed by atoms with E-state index in [2.05, 4.69) is 26.8 Å². The van der Waals surface area contributed by atoms with E-state index < -0.39 is 0 Å². The van der Waals surface area contributed by atoms with Gasteiger partial charge in [0.25, 0.3) is 0 Å². The number of terminal acetylenes is 1. The normalized spacial score (nSPS) is 10.8. The van der Waals surface area contributed by atoms with Crippen molar-refractivity contribution < 1.29 is 4.39 Å². The molecule has 1 aromatic heterocycles. The lowest BCUT2D eigenvalue weighted by Crippen LogP contribution is -2.07. The van der Waals surface area contributed by atoms with Crippen LogP contribution >= 0.6 is 15.9 Å². The molecule has 0 aliphatic carbocycles. The Morgan fingerprint density at radius 3 is 2.75 bits per heavy atom. The van der Waals surface area contributed by atoms with E-state index >= 15 is 0 Å². The van der Waals surface area contributed by atoms with Crippen molar-refractivity contribution in [1.29, 1.82) is 0 Å². The summed E-state index contributed by atoms with van der Waals surface area (Å²) in [6, 6.07) is 4.70. The lowest BCUT2D eigenvalue weighted by Gasteiger charge is -2.08. The quantitative estimate of drug-likeness (QED) is 0.867. The Kier molecular flexibility index (Phi) is 4.15. The second-order valence-electron chi connectivity index (χ2n) is 4.78. The number of aromatic nitrogens is 2. The first-order valence-corrected chi connectivity index (χ1v) is 6.99. The second-order valence-corrected chi connectivity index (χ2v) is 5.63. The van der Waals surface area contributed by atoms with E-state index in [0.717, 1.165) is 11.4 Å². The molecule has 0 atom stereocenters. The highest BCUT2D eigenvalue weighted by Gasteiger charge is 2.18. The van der Waals surface area contributed by atoms with E-state index in [0.29, 0.717) is 22.5 Å². The molecule has 1 heterocycles. The number of halogens is 2. The number of hydrogen-bond donors (Lipinski definition) is 1. The van der Waals surface area contributed by atoms with Crippen molar-refractivity contribution in [2.75, 3.05) is 5.73 Å². The van der Waals surface area contributed by atoms with Crippen LogP contribution in [0.3, 0.4) is 0 Å². The topological polar surface area (TPSA) is 43.8 Å². The van der Waals surface area contributed by atoms with Crippen molar-refractivity contribution >= 4 is 21.7 Å². The number of anilines is 1. The molecule has 0 aliphatic heterocycles. The second kappa shape index (κ2) is 5.68. The van der Waals surface area contributed by atoms with Crippen LogP contribution in [0.4, 0.5) is 10.2 Å². The summed E-state index contributed by atoms with van der Waals surface area (Å²) in [5.41, 5.74) is 7.53. The van der Waals surface area contributed by atoms with Crippen molar-refractivity contribution in [3.8, 4) is 23.6 Å². The summed E-state index contributed by atoms with van der Waals surface area (Å²) in [7, 11) is 0. The standard InChI is InChI=1S/C15H15BrFN3/c1-4-7-20-14(18)13(19-15(20)9(2)3)10-5-6-12(17)11(16)8-10/h1,5-6,8-9H,7,18H2,2-3H3. The Morgan fingerprint density at radius 2 is 2.20 bits per heavy atom. The number of benzene rings is 1. The maximum Gasteiger partial charge on any atom is 0.137 e. The third-order valence-electron chi connectivity index (χ3n) is 3.00.